The third-order valence-electron chi connectivity index (χ3n) is 5.87. The second kappa shape index (κ2) is 7.61. The quantitative estimate of drug-likeness (QED) is 0.580. The molecule has 1 saturated carbocycles. The maximum atomic E-state index is 13.6. The number of ether oxygens (including phenoxy) is 1. The van der Waals surface area contributed by atoms with E-state index in [0.717, 1.165) is 22.2 Å². The van der Waals surface area contributed by atoms with E-state index in [0.29, 0.717) is 24.6 Å². The van der Waals surface area contributed by atoms with Crippen LogP contribution in [0.5, 0.6) is 0 Å². The minimum atomic E-state index is -2.60. The van der Waals surface area contributed by atoms with Gasteiger partial charge in [-0.1, -0.05) is 6.07 Å². The van der Waals surface area contributed by atoms with Crippen molar-refractivity contribution < 1.29 is 13.5 Å². The Bertz CT molecular complexity index is 1120. The first-order valence-electron chi connectivity index (χ1n) is 10.4. The van der Waals surface area contributed by atoms with Crippen molar-refractivity contribution in [3.8, 4) is 11.1 Å². The molecule has 0 radical (unpaired) electrons. The van der Waals surface area contributed by atoms with E-state index in [9.17, 15) is 13.6 Å². The van der Waals surface area contributed by atoms with Crippen LogP contribution in [-0.2, 0) is 11.8 Å². The van der Waals surface area contributed by atoms with Gasteiger partial charge in [0.05, 0.1) is 23.7 Å². The Morgan fingerprint density at radius 2 is 2.00 bits per heavy atom. The number of aromatic nitrogens is 3. The van der Waals surface area contributed by atoms with Crippen LogP contribution in [0, 0.1) is 6.92 Å². The van der Waals surface area contributed by atoms with E-state index in [1.54, 1.807) is 18.5 Å². The molecule has 0 bridgehead atoms. The molecule has 0 N–H and O–H groups in total. The number of pyridine rings is 1. The van der Waals surface area contributed by atoms with Crippen LogP contribution < -0.4 is 5.56 Å². The van der Waals surface area contributed by atoms with Crippen LogP contribution in [0.15, 0.2) is 35.3 Å². The summed E-state index contributed by atoms with van der Waals surface area (Å²) in [5.41, 5.74) is 4.22. The minimum Gasteiger partial charge on any atom is -0.380 e. The highest BCUT2D eigenvalue weighted by atomic mass is 19.3. The van der Waals surface area contributed by atoms with Crippen molar-refractivity contribution in [2.24, 2.45) is 7.05 Å². The first kappa shape index (κ1) is 20.7. The molecule has 1 aliphatic carbocycles. The van der Waals surface area contributed by atoms with Crippen LogP contribution in [0.2, 0.25) is 0 Å². The molecule has 30 heavy (non-hydrogen) atoms. The maximum absolute atomic E-state index is 13.6. The van der Waals surface area contributed by atoms with Crippen molar-refractivity contribution in [2.75, 3.05) is 13.2 Å². The van der Waals surface area contributed by atoms with Crippen molar-refractivity contribution in [3.63, 3.8) is 0 Å². The molecule has 5 nitrogen and oxygen atoms in total. The molecule has 1 fully saturated rings. The van der Waals surface area contributed by atoms with E-state index in [4.69, 9.17) is 9.72 Å². The summed E-state index contributed by atoms with van der Waals surface area (Å²) in [6.07, 6.45) is 1.49. The fourth-order valence-corrected chi connectivity index (χ4v) is 4.28. The summed E-state index contributed by atoms with van der Waals surface area (Å²) in [5.74, 6) is -2.15. The molecule has 160 valence electrons. The maximum Gasteiger partial charge on any atom is 0.253 e. The van der Waals surface area contributed by atoms with Crippen LogP contribution in [0.3, 0.4) is 0 Å². The Balaban J connectivity index is 1.83. The summed E-state index contributed by atoms with van der Waals surface area (Å²) in [4.78, 5) is 16.8. The predicted octanol–water partition coefficient (Wildman–Crippen LogP) is 4.82. The zero-order valence-electron chi connectivity index (χ0n) is 17.8. The summed E-state index contributed by atoms with van der Waals surface area (Å²) in [6, 6.07) is 7.77. The van der Waals surface area contributed by atoms with Gasteiger partial charge in [-0.2, -0.15) is 0 Å². The lowest BCUT2D eigenvalue weighted by Gasteiger charge is -2.35. The molecule has 0 amide bonds. The lowest BCUT2D eigenvalue weighted by molar-refractivity contribution is -0.0893. The lowest BCUT2D eigenvalue weighted by Crippen LogP contribution is -2.35. The van der Waals surface area contributed by atoms with Gasteiger partial charge in [0.1, 0.15) is 5.82 Å². The SMILES string of the molecule is CCOCC(C)n1c(C2CC(F)(F)C2)nc2ccc(-c3cc(C)c(=O)n(C)c3)cc21. The van der Waals surface area contributed by atoms with Crippen LogP contribution in [-0.4, -0.2) is 33.3 Å². The highest BCUT2D eigenvalue weighted by Crippen LogP contribution is 2.49. The van der Waals surface area contributed by atoms with Gasteiger partial charge in [0.25, 0.3) is 5.56 Å². The van der Waals surface area contributed by atoms with Gasteiger partial charge in [-0.15, -0.1) is 0 Å². The highest BCUT2D eigenvalue weighted by Gasteiger charge is 2.48. The van der Waals surface area contributed by atoms with Gasteiger partial charge in [0, 0.05) is 44.2 Å². The zero-order chi connectivity index (χ0) is 21.6. The van der Waals surface area contributed by atoms with Gasteiger partial charge in [-0.05, 0) is 50.1 Å². The van der Waals surface area contributed by atoms with E-state index < -0.39 is 5.92 Å². The lowest BCUT2D eigenvalue weighted by atomic mass is 9.80. The summed E-state index contributed by atoms with van der Waals surface area (Å²) in [6.45, 7) is 6.84. The molecule has 0 saturated heterocycles. The first-order valence-corrected chi connectivity index (χ1v) is 10.4. The number of imidazole rings is 1. The van der Waals surface area contributed by atoms with Crippen molar-refractivity contribution in [3.05, 3.63) is 52.2 Å². The molecule has 1 atom stereocenters. The summed E-state index contributed by atoms with van der Waals surface area (Å²) >= 11 is 0. The van der Waals surface area contributed by atoms with Gasteiger partial charge >= 0.3 is 0 Å². The largest absolute Gasteiger partial charge is 0.380 e. The van der Waals surface area contributed by atoms with Crippen LogP contribution in [0.25, 0.3) is 22.2 Å². The number of hydrogen-bond acceptors (Lipinski definition) is 3. The molecule has 2 heterocycles. The third-order valence-corrected chi connectivity index (χ3v) is 5.87. The molecular weight excluding hydrogens is 388 g/mol. The molecule has 0 aliphatic heterocycles. The molecule has 4 rings (SSSR count). The summed E-state index contributed by atoms with van der Waals surface area (Å²) < 4.78 is 36.4. The second-order valence-electron chi connectivity index (χ2n) is 8.34. The zero-order valence-corrected chi connectivity index (χ0v) is 17.8. The van der Waals surface area contributed by atoms with Gasteiger partial charge in [-0.3, -0.25) is 4.79 Å². The number of halogens is 2. The van der Waals surface area contributed by atoms with E-state index >= 15 is 0 Å². The number of fused-ring (bicyclic) bond motifs is 1. The molecule has 7 heteroatoms. The highest BCUT2D eigenvalue weighted by molar-refractivity contribution is 5.83. The van der Waals surface area contributed by atoms with Crippen molar-refractivity contribution in [1.82, 2.24) is 14.1 Å². The first-order chi connectivity index (χ1) is 14.2. The van der Waals surface area contributed by atoms with E-state index in [2.05, 4.69) is 4.57 Å². The van der Waals surface area contributed by atoms with Crippen molar-refractivity contribution in [1.29, 1.82) is 0 Å². The van der Waals surface area contributed by atoms with Gasteiger partial charge in [0.15, 0.2) is 0 Å². The molecule has 1 aliphatic rings. The summed E-state index contributed by atoms with van der Waals surface area (Å²) in [5, 5.41) is 0. The molecule has 0 spiro atoms. The van der Waals surface area contributed by atoms with Crippen molar-refractivity contribution in [2.45, 2.75) is 51.5 Å². The van der Waals surface area contributed by atoms with Crippen LogP contribution in [0.1, 0.15) is 50.0 Å². The normalized spacial score (nSPS) is 17.3. The Hall–Kier alpha value is -2.54. The van der Waals surface area contributed by atoms with Crippen molar-refractivity contribution >= 4 is 11.0 Å². The van der Waals surface area contributed by atoms with Gasteiger partial charge < -0.3 is 13.9 Å². The Labute approximate surface area is 174 Å². The number of benzene rings is 1. The monoisotopic (exact) mass is 415 g/mol. The standard InChI is InChI=1S/C23H27F2N3O2/c1-5-30-13-15(3)28-20-9-16(17-8-14(2)22(29)27(4)12-17)6-7-19(20)26-21(28)18-10-23(24,25)11-18/h6-9,12,15,18H,5,10-11,13H2,1-4H3. The van der Waals surface area contributed by atoms with Crippen LogP contribution in [0.4, 0.5) is 8.78 Å². The second-order valence-corrected chi connectivity index (χ2v) is 8.34. The summed E-state index contributed by atoms with van der Waals surface area (Å²) in [7, 11) is 1.74. The number of alkyl halides is 2. The Morgan fingerprint density at radius 3 is 2.63 bits per heavy atom. The topological polar surface area (TPSA) is 49.1 Å². The Morgan fingerprint density at radius 1 is 1.27 bits per heavy atom. The van der Waals surface area contributed by atoms with E-state index in [1.807, 2.05) is 44.3 Å². The van der Waals surface area contributed by atoms with E-state index in [-0.39, 0.29) is 30.4 Å². The fourth-order valence-electron chi connectivity index (χ4n) is 4.28. The number of rotatable bonds is 6. The van der Waals surface area contributed by atoms with Crippen LogP contribution >= 0.6 is 0 Å². The smallest absolute Gasteiger partial charge is 0.253 e. The molecular formula is C23H27F2N3O2. The predicted molar refractivity (Wildman–Crippen MR) is 113 cm³/mol. The number of nitrogens with zero attached hydrogens (tertiary/aromatic N) is 3. The molecule has 3 aromatic rings. The Kier molecular flexibility index (Phi) is 5.26. The molecule has 1 aromatic carbocycles. The average molecular weight is 415 g/mol. The van der Waals surface area contributed by atoms with Gasteiger partial charge in [0.2, 0.25) is 5.92 Å². The molecule has 1 unspecified atom stereocenters. The average Bonchev–Trinajstić information content (AvgIpc) is 3.06. The minimum absolute atomic E-state index is 0.0246. The van der Waals surface area contributed by atoms with Gasteiger partial charge in [-0.25, -0.2) is 13.8 Å². The molecule has 2 aromatic heterocycles. The third kappa shape index (κ3) is 3.67. The fraction of sp³-hybridized carbons (Fsp3) is 0.478. The van der Waals surface area contributed by atoms with E-state index in [1.165, 1.54) is 0 Å². The number of hydrogen-bond donors (Lipinski definition) is 0. The number of aryl methyl sites for hydroxylation is 2.